The lowest BCUT2D eigenvalue weighted by Crippen LogP contribution is -2.30. The zero-order valence-corrected chi connectivity index (χ0v) is 17.5. The van der Waals surface area contributed by atoms with Crippen LogP contribution in [0.15, 0.2) is 48.0 Å². The number of ether oxygens (including phenoxy) is 1. The van der Waals surface area contributed by atoms with Crippen molar-refractivity contribution in [3.8, 4) is 5.75 Å². The molecule has 1 N–H and O–H groups in total. The number of hydrogen-bond donors (Lipinski definition) is 1. The molecule has 0 radical (unpaired) electrons. The summed E-state index contributed by atoms with van der Waals surface area (Å²) in [4.78, 5) is 27.2. The first-order chi connectivity index (χ1) is 13.9. The number of halogens is 1. The van der Waals surface area contributed by atoms with Gasteiger partial charge in [0.15, 0.2) is 0 Å². The van der Waals surface area contributed by atoms with Crippen molar-refractivity contribution in [2.45, 2.75) is 32.7 Å². The number of likely N-dealkylation sites (tertiary alicyclic amines) is 1. The third-order valence-electron chi connectivity index (χ3n) is 5.15. The highest BCUT2D eigenvalue weighted by Gasteiger charge is 2.45. The van der Waals surface area contributed by atoms with E-state index < -0.39 is 17.7 Å². The Balaban J connectivity index is 2.15. The summed E-state index contributed by atoms with van der Waals surface area (Å²) in [5.74, 6) is -0.774. The average molecular weight is 414 g/mol. The zero-order chi connectivity index (χ0) is 21.1. The van der Waals surface area contributed by atoms with Gasteiger partial charge in [0.25, 0.3) is 11.7 Å². The molecule has 1 unspecified atom stereocenters. The highest BCUT2D eigenvalue weighted by atomic mass is 35.5. The Morgan fingerprint density at radius 2 is 1.86 bits per heavy atom. The predicted octanol–water partition coefficient (Wildman–Crippen LogP) is 4.88. The fraction of sp³-hybridized carbons (Fsp3) is 0.304. The zero-order valence-electron chi connectivity index (χ0n) is 16.7. The minimum absolute atomic E-state index is 0.0954. The van der Waals surface area contributed by atoms with Crippen LogP contribution in [0.1, 0.15) is 42.5 Å². The molecule has 1 fully saturated rings. The van der Waals surface area contributed by atoms with Crippen LogP contribution < -0.4 is 4.74 Å². The Bertz CT molecular complexity index is 965. The Hall–Kier alpha value is -2.79. The van der Waals surface area contributed by atoms with Crippen molar-refractivity contribution in [3.63, 3.8) is 0 Å². The first kappa shape index (κ1) is 20.9. The summed E-state index contributed by atoms with van der Waals surface area (Å²) in [5.41, 5.74) is 2.12. The normalized spacial score (nSPS) is 18.3. The second-order valence-electron chi connectivity index (χ2n) is 7.08. The first-order valence-corrected chi connectivity index (χ1v) is 9.95. The molecule has 3 rings (SSSR count). The monoisotopic (exact) mass is 413 g/mol. The molecule has 1 aliphatic heterocycles. The second kappa shape index (κ2) is 8.70. The van der Waals surface area contributed by atoms with Crippen LogP contribution in [0, 0.1) is 6.92 Å². The number of methoxy groups -OCH3 is 1. The number of Topliss-reactive ketones (excluding diaryl/α,β-unsaturated/α-hetero) is 1. The Kier molecular flexibility index (Phi) is 6.28. The topological polar surface area (TPSA) is 66.8 Å². The van der Waals surface area contributed by atoms with E-state index in [4.69, 9.17) is 16.3 Å². The maximum atomic E-state index is 12.9. The molecule has 1 atom stereocenters. The molecule has 29 heavy (non-hydrogen) atoms. The van der Waals surface area contributed by atoms with E-state index in [-0.39, 0.29) is 11.3 Å². The fourth-order valence-corrected chi connectivity index (χ4v) is 3.74. The van der Waals surface area contributed by atoms with Gasteiger partial charge >= 0.3 is 0 Å². The summed E-state index contributed by atoms with van der Waals surface area (Å²) in [5, 5.41) is 11.6. The van der Waals surface area contributed by atoms with E-state index in [1.807, 2.05) is 13.8 Å². The molecule has 0 aliphatic carbocycles. The third-order valence-corrected chi connectivity index (χ3v) is 5.40. The SMILES string of the molecule is CCCCN1C(=O)C(=O)/C(=C(\O)c2ccc(OC)c(C)c2)C1c1ccc(Cl)cc1. The van der Waals surface area contributed by atoms with Crippen LogP contribution in [-0.2, 0) is 9.59 Å². The number of nitrogens with zero attached hydrogens (tertiary/aromatic N) is 1. The molecule has 0 bridgehead atoms. The number of aryl methyl sites for hydroxylation is 1. The van der Waals surface area contributed by atoms with Gasteiger partial charge < -0.3 is 14.7 Å². The lowest BCUT2D eigenvalue weighted by molar-refractivity contribution is -0.139. The van der Waals surface area contributed by atoms with Gasteiger partial charge in [-0.05, 0) is 54.8 Å². The molecule has 2 aromatic rings. The molecule has 0 spiro atoms. The van der Waals surface area contributed by atoms with Gasteiger partial charge in [-0.2, -0.15) is 0 Å². The molecule has 6 heteroatoms. The van der Waals surface area contributed by atoms with Crippen LogP contribution in [0.5, 0.6) is 5.75 Å². The van der Waals surface area contributed by atoms with Gasteiger partial charge in [0, 0.05) is 17.1 Å². The molecular formula is C23H24ClNO4. The van der Waals surface area contributed by atoms with Gasteiger partial charge in [-0.3, -0.25) is 9.59 Å². The lowest BCUT2D eigenvalue weighted by Gasteiger charge is -2.25. The van der Waals surface area contributed by atoms with E-state index in [2.05, 4.69) is 0 Å². The molecule has 1 saturated heterocycles. The molecule has 1 amide bonds. The summed E-state index contributed by atoms with van der Waals surface area (Å²) in [7, 11) is 1.57. The van der Waals surface area contributed by atoms with Crippen LogP contribution in [0.2, 0.25) is 5.02 Å². The fourth-order valence-electron chi connectivity index (χ4n) is 3.61. The van der Waals surface area contributed by atoms with Crippen LogP contribution in [-0.4, -0.2) is 35.4 Å². The molecule has 0 saturated carbocycles. The summed E-state index contributed by atoms with van der Waals surface area (Å²) in [6, 6.07) is 11.5. The van der Waals surface area contributed by atoms with Gasteiger partial charge in [-0.15, -0.1) is 0 Å². The Labute approximate surface area is 175 Å². The van der Waals surface area contributed by atoms with E-state index in [0.29, 0.717) is 22.9 Å². The number of unbranched alkanes of at least 4 members (excludes halogenated alkanes) is 1. The molecular weight excluding hydrogens is 390 g/mol. The van der Waals surface area contributed by atoms with Gasteiger partial charge in [-0.25, -0.2) is 0 Å². The number of aliphatic hydroxyl groups is 1. The van der Waals surface area contributed by atoms with Crippen LogP contribution in [0.3, 0.4) is 0 Å². The molecule has 1 heterocycles. The second-order valence-corrected chi connectivity index (χ2v) is 7.52. The number of hydrogen-bond acceptors (Lipinski definition) is 4. The van der Waals surface area contributed by atoms with E-state index >= 15 is 0 Å². The van der Waals surface area contributed by atoms with E-state index in [1.54, 1.807) is 49.6 Å². The number of benzene rings is 2. The Morgan fingerprint density at radius 1 is 1.17 bits per heavy atom. The largest absolute Gasteiger partial charge is 0.507 e. The van der Waals surface area contributed by atoms with Gasteiger partial charge in [0.05, 0.1) is 18.7 Å². The van der Waals surface area contributed by atoms with Crippen LogP contribution in [0.4, 0.5) is 0 Å². The number of ketones is 1. The summed E-state index contributed by atoms with van der Waals surface area (Å²) >= 11 is 6.02. The highest BCUT2D eigenvalue weighted by molar-refractivity contribution is 6.46. The minimum Gasteiger partial charge on any atom is -0.507 e. The quantitative estimate of drug-likeness (QED) is 0.416. The van der Waals surface area contributed by atoms with Gasteiger partial charge in [-0.1, -0.05) is 37.1 Å². The molecule has 152 valence electrons. The standard InChI is InChI=1S/C23H24ClNO4/c1-4-5-12-25-20(15-6-9-17(24)10-7-15)19(22(27)23(25)28)21(26)16-8-11-18(29-3)14(2)13-16/h6-11,13,20,26H,4-5,12H2,1-3H3/b21-19-. The van der Waals surface area contributed by atoms with Gasteiger partial charge in [0.1, 0.15) is 11.5 Å². The van der Waals surface area contributed by atoms with Crippen molar-refractivity contribution < 1.29 is 19.4 Å². The van der Waals surface area contributed by atoms with E-state index in [9.17, 15) is 14.7 Å². The Morgan fingerprint density at radius 3 is 2.45 bits per heavy atom. The number of amides is 1. The lowest BCUT2D eigenvalue weighted by atomic mass is 9.94. The summed E-state index contributed by atoms with van der Waals surface area (Å²) in [6.45, 7) is 4.31. The summed E-state index contributed by atoms with van der Waals surface area (Å²) in [6.07, 6.45) is 1.65. The molecule has 0 aromatic heterocycles. The smallest absolute Gasteiger partial charge is 0.295 e. The number of rotatable bonds is 6. The molecule has 2 aromatic carbocycles. The third kappa shape index (κ3) is 4.01. The average Bonchev–Trinajstić information content (AvgIpc) is 2.96. The van der Waals surface area contributed by atoms with Crippen molar-refractivity contribution in [3.05, 3.63) is 69.8 Å². The highest BCUT2D eigenvalue weighted by Crippen LogP contribution is 2.40. The number of carbonyl (C=O) groups is 2. The maximum absolute atomic E-state index is 12.9. The van der Waals surface area contributed by atoms with Crippen molar-refractivity contribution >= 4 is 29.1 Å². The van der Waals surface area contributed by atoms with E-state index in [0.717, 1.165) is 24.0 Å². The maximum Gasteiger partial charge on any atom is 0.295 e. The van der Waals surface area contributed by atoms with Crippen LogP contribution >= 0.6 is 11.6 Å². The van der Waals surface area contributed by atoms with Crippen molar-refractivity contribution in [2.24, 2.45) is 0 Å². The minimum atomic E-state index is -0.674. The van der Waals surface area contributed by atoms with Crippen molar-refractivity contribution in [1.82, 2.24) is 4.90 Å². The van der Waals surface area contributed by atoms with E-state index in [1.165, 1.54) is 4.90 Å². The first-order valence-electron chi connectivity index (χ1n) is 9.58. The predicted molar refractivity (Wildman–Crippen MR) is 113 cm³/mol. The number of aliphatic hydroxyl groups excluding tert-OH is 1. The number of carbonyl (C=O) groups excluding carboxylic acids is 2. The molecule has 5 nitrogen and oxygen atoms in total. The van der Waals surface area contributed by atoms with Crippen molar-refractivity contribution in [1.29, 1.82) is 0 Å². The molecule has 1 aliphatic rings. The van der Waals surface area contributed by atoms with Gasteiger partial charge in [0.2, 0.25) is 0 Å². The summed E-state index contributed by atoms with van der Waals surface area (Å²) < 4.78 is 5.27. The van der Waals surface area contributed by atoms with Crippen molar-refractivity contribution in [2.75, 3.05) is 13.7 Å². The van der Waals surface area contributed by atoms with Crippen LogP contribution in [0.25, 0.3) is 5.76 Å².